The standard InChI is InChI=1S/C13H11FO.C12H10O.C8H9FO3S/c14-10-15-13-8-6-12(7-9-13)11-4-2-1-3-5-11;13-12-8-6-11(7-9-12)10-4-2-1-3-5-10;1-7-2-4-8(5-3-7)13(10,11)12-6-9/h1-9H,10H2;1-9,13H;2-5H,6H2,1H3. The van der Waals surface area contributed by atoms with Gasteiger partial charge in [-0.3, -0.25) is 0 Å². The molecule has 1 N–H and O–H groups in total. The van der Waals surface area contributed by atoms with Crippen LogP contribution in [0.15, 0.2) is 138 Å². The van der Waals surface area contributed by atoms with Crippen LogP contribution in [0, 0.1) is 6.92 Å². The fourth-order valence-electron chi connectivity index (χ4n) is 3.55. The minimum absolute atomic E-state index is 0.0317. The van der Waals surface area contributed by atoms with E-state index in [1.807, 2.05) is 91.9 Å². The van der Waals surface area contributed by atoms with Gasteiger partial charge < -0.3 is 9.84 Å². The maximum Gasteiger partial charge on any atom is 0.299 e. The van der Waals surface area contributed by atoms with Crippen LogP contribution in [-0.2, 0) is 14.3 Å². The molecule has 0 saturated carbocycles. The Kier molecular flexibility index (Phi) is 12.0. The quantitative estimate of drug-likeness (QED) is 0.197. The molecule has 0 bridgehead atoms. The predicted octanol–water partition coefficient (Wildman–Crippen LogP) is 8.35. The van der Waals surface area contributed by atoms with Gasteiger partial charge in [-0.2, -0.15) is 8.42 Å². The Balaban J connectivity index is 0.000000170. The highest BCUT2D eigenvalue weighted by molar-refractivity contribution is 7.86. The largest absolute Gasteiger partial charge is 0.508 e. The van der Waals surface area contributed by atoms with Crippen molar-refractivity contribution < 1.29 is 31.2 Å². The molecule has 0 aromatic heterocycles. The van der Waals surface area contributed by atoms with E-state index in [9.17, 15) is 17.2 Å². The monoisotopic (exact) mass is 576 g/mol. The molecule has 5 rings (SSSR count). The Bertz CT molecular complexity index is 1540. The van der Waals surface area contributed by atoms with Crippen molar-refractivity contribution >= 4 is 10.1 Å². The first-order chi connectivity index (χ1) is 19.8. The zero-order valence-corrected chi connectivity index (χ0v) is 23.2. The molecule has 0 heterocycles. The van der Waals surface area contributed by atoms with Crippen molar-refractivity contribution in [3.05, 3.63) is 139 Å². The topological polar surface area (TPSA) is 72.8 Å². The second kappa shape index (κ2) is 15.9. The summed E-state index contributed by atoms with van der Waals surface area (Å²) < 4.78 is 54.4. The molecule has 41 heavy (non-hydrogen) atoms. The minimum atomic E-state index is -3.90. The van der Waals surface area contributed by atoms with Crippen LogP contribution in [0.3, 0.4) is 0 Å². The van der Waals surface area contributed by atoms with E-state index in [2.05, 4.69) is 4.18 Å². The SMILES string of the molecule is Cc1ccc(S(=O)(=O)OCF)cc1.FCOc1ccc(-c2ccccc2)cc1.Oc1ccc(-c2ccccc2)cc1. The third-order valence-electron chi connectivity index (χ3n) is 5.67. The number of aromatic hydroxyl groups is 1. The molecule has 0 saturated heterocycles. The summed E-state index contributed by atoms with van der Waals surface area (Å²) in [7, 11) is -3.90. The van der Waals surface area contributed by atoms with Crippen molar-refractivity contribution in [2.24, 2.45) is 0 Å². The number of phenolic OH excluding ortho intramolecular Hbond substituents is 1. The number of hydrogen-bond donors (Lipinski definition) is 1. The maximum absolute atomic E-state index is 11.9. The molecule has 0 aliphatic rings. The van der Waals surface area contributed by atoms with E-state index in [0.717, 1.165) is 22.3 Å². The van der Waals surface area contributed by atoms with Gasteiger partial charge in [-0.05, 0) is 65.6 Å². The molecule has 5 aromatic carbocycles. The average molecular weight is 577 g/mol. The van der Waals surface area contributed by atoms with E-state index >= 15 is 0 Å². The van der Waals surface area contributed by atoms with Crippen molar-refractivity contribution in [3.8, 4) is 33.8 Å². The number of halogens is 2. The van der Waals surface area contributed by atoms with Crippen LogP contribution in [0.4, 0.5) is 8.78 Å². The van der Waals surface area contributed by atoms with Gasteiger partial charge >= 0.3 is 0 Å². The lowest BCUT2D eigenvalue weighted by Gasteiger charge is -2.03. The third kappa shape index (κ3) is 10.2. The van der Waals surface area contributed by atoms with Gasteiger partial charge in [0.2, 0.25) is 13.7 Å². The van der Waals surface area contributed by atoms with Crippen molar-refractivity contribution in [2.45, 2.75) is 11.8 Å². The fraction of sp³-hybridized carbons (Fsp3) is 0.0909. The van der Waals surface area contributed by atoms with Gasteiger partial charge in [-0.25, -0.2) is 13.0 Å². The Hall–Kier alpha value is -4.53. The van der Waals surface area contributed by atoms with Crippen molar-refractivity contribution in [1.82, 2.24) is 0 Å². The summed E-state index contributed by atoms with van der Waals surface area (Å²) in [5.41, 5.74) is 5.46. The van der Waals surface area contributed by atoms with Crippen LogP contribution >= 0.6 is 0 Å². The fourth-order valence-corrected chi connectivity index (χ4v) is 4.28. The third-order valence-corrected chi connectivity index (χ3v) is 6.92. The summed E-state index contributed by atoms with van der Waals surface area (Å²) in [6.07, 6.45) is 0. The number of aryl methyl sites for hydroxylation is 1. The molecule has 0 atom stereocenters. The zero-order valence-electron chi connectivity index (χ0n) is 22.4. The van der Waals surface area contributed by atoms with Gasteiger partial charge in [-0.1, -0.05) is 103 Å². The van der Waals surface area contributed by atoms with Crippen LogP contribution in [-0.4, -0.2) is 27.2 Å². The molecule has 212 valence electrons. The molecule has 0 radical (unpaired) electrons. The van der Waals surface area contributed by atoms with Crippen molar-refractivity contribution in [1.29, 1.82) is 0 Å². The van der Waals surface area contributed by atoms with Gasteiger partial charge in [0.05, 0.1) is 4.90 Å². The second-order valence-electron chi connectivity index (χ2n) is 8.55. The Labute approximate surface area is 239 Å². The number of ether oxygens (including phenoxy) is 1. The van der Waals surface area contributed by atoms with Gasteiger partial charge in [0.25, 0.3) is 10.1 Å². The van der Waals surface area contributed by atoms with Crippen LogP contribution in [0.2, 0.25) is 0 Å². The maximum atomic E-state index is 11.9. The van der Waals surface area contributed by atoms with Crippen molar-refractivity contribution in [3.63, 3.8) is 0 Å². The molecule has 0 unspecified atom stereocenters. The Morgan fingerprint density at radius 1 is 0.585 bits per heavy atom. The highest BCUT2D eigenvalue weighted by Crippen LogP contribution is 2.22. The summed E-state index contributed by atoms with van der Waals surface area (Å²) in [4.78, 5) is -0.0317. The predicted molar refractivity (Wildman–Crippen MR) is 157 cm³/mol. The lowest BCUT2D eigenvalue weighted by atomic mass is 10.1. The summed E-state index contributed by atoms with van der Waals surface area (Å²) in [5.74, 6) is 0.858. The molecule has 0 fully saturated rings. The van der Waals surface area contributed by atoms with E-state index in [-0.39, 0.29) is 4.90 Å². The number of rotatable bonds is 7. The average Bonchev–Trinajstić information content (AvgIpc) is 3.00. The zero-order chi connectivity index (χ0) is 29.5. The van der Waals surface area contributed by atoms with E-state index in [1.54, 1.807) is 36.4 Å². The molecule has 0 spiro atoms. The number of hydrogen-bond acceptors (Lipinski definition) is 5. The molecule has 5 nitrogen and oxygen atoms in total. The highest BCUT2D eigenvalue weighted by Gasteiger charge is 2.13. The summed E-state index contributed by atoms with van der Waals surface area (Å²) in [5, 5.41) is 9.10. The van der Waals surface area contributed by atoms with Crippen molar-refractivity contribution in [2.75, 3.05) is 13.7 Å². The van der Waals surface area contributed by atoms with Gasteiger partial charge in [0.1, 0.15) is 11.5 Å². The number of alkyl halides is 2. The normalized spacial score (nSPS) is 10.4. The van der Waals surface area contributed by atoms with Crippen LogP contribution in [0.5, 0.6) is 11.5 Å². The van der Waals surface area contributed by atoms with E-state index in [0.29, 0.717) is 11.5 Å². The second-order valence-corrected chi connectivity index (χ2v) is 10.2. The molecule has 0 aliphatic carbocycles. The van der Waals surface area contributed by atoms with Crippen LogP contribution < -0.4 is 4.74 Å². The molecular weight excluding hydrogens is 546 g/mol. The lowest BCUT2D eigenvalue weighted by Crippen LogP contribution is -2.05. The lowest BCUT2D eigenvalue weighted by molar-refractivity contribution is 0.192. The molecule has 5 aromatic rings. The van der Waals surface area contributed by atoms with Crippen LogP contribution in [0.1, 0.15) is 5.56 Å². The van der Waals surface area contributed by atoms with E-state index < -0.39 is 23.8 Å². The van der Waals surface area contributed by atoms with Gasteiger partial charge in [-0.15, -0.1) is 0 Å². The summed E-state index contributed by atoms with van der Waals surface area (Å²) >= 11 is 0. The van der Waals surface area contributed by atoms with Gasteiger partial charge in [0.15, 0.2) is 0 Å². The van der Waals surface area contributed by atoms with E-state index in [4.69, 9.17) is 9.84 Å². The first-order valence-electron chi connectivity index (χ1n) is 12.5. The van der Waals surface area contributed by atoms with Gasteiger partial charge in [0, 0.05) is 0 Å². The van der Waals surface area contributed by atoms with Crippen LogP contribution in [0.25, 0.3) is 22.3 Å². The molecular formula is C33H30F2O5S. The number of benzene rings is 5. The molecule has 0 aliphatic heterocycles. The highest BCUT2D eigenvalue weighted by atomic mass is 32.2. The first kappa shape index (κ1) is 31.0. The smallest absolute Gasteiger partial charge is 0.299 e. The Morgan fingerprint density at radius 3 is 1.46 bits per heavy atom. The summed E-state index contributed by atoms with van der Waals surface area (Å²) in [6.45, 7) is -0.298. The summed E-state index contributed by atoms with van der Waals surface area (Å²) in [6, 6.07) is 40.7. The first-order valence-corrected chi connectivity index (χ1v) is 13.9. The minimum Gasteiger partial charge on any atom is -0.508 e. The van der Waals surface area contributed by atoms with E-state index in [1.165, 1.54) is 17.7 Å². The Morgan fingerprint density at radius 2 is 1.02 bits per heavy atom. The molecule has 0 amide bonds. The number of phenols is 1. The molecule has 8 heteroatoms.